The molecule has 1 aromatic heterocycles. The van der Waals surface area contributed by atoms with Gasteiger partial charge in [-0.15, -0.1) is 0 Å². The molecule has 104 valence electrons. The van der Waals surface area contributed by atoms with Crippen LogP contribution in [0.2, 0.25) is 0 Å². The van der Waals surface area contributed by atoms with E-state index in [-0.39, 0.29) is 14.9 Å². The van der Waals surface area contributed by atoms with Crippen molar-refractivity contribution in [3.63, 3.8) is 0 Å². The number of aromatic carboxylic acids is 1. The molecule has 0 saturated carbocycles. The molecule has 1 heterocycles. The third-order valence-electron chi connectivity index (χ3n) is 2.38. The summed E-state index contributed by atoms with van der Waals surface area (Å²) in [4.78, 5) is 14.6. The number of nitrogens with one attached hydrogen (secondary N) is 1. The van der Waals surface area contributed by atoms with Crippen molar-refractivity contribution in [3.05, 3.63) is 52.8 Å². The van der Waals surface area contributed by atoms with Crippen molar-refractivity contribution in [1.82, 2.24) is 4.98 Å². The van der Waals surface area contributed by atoms with Crippen LogP contribution in [0.25, 0.3) is 0 Å². The lowest BCUT2D eigenvalue weighted by Gasteiger charge is -2.09. The minimum atomic E-state index is -3.90. The van der Waals surface area contributed by atoms with Crippen molar-refractivity contribution in [3.8, 4) is 0 Å². The fourth-order valence-corrected chi connectivity index (χ4v) is 3.51. The number of rotatable bonds is 4. The lowest BCUT2D eigenvalue weighted by molar-refractivity contribution is 0.0696. The highest BCUT2D eigenvalue weighted by Gasteiger charge is 2.20. The summed E-state index contributed by atoms with van der Waals surface area (Å²) in [5.74, 6) is -1.20. The molecule has 0 spiro atoms. The molecule has 0 radical (unpaired) electrons. The average molecular weight is 357 g/mol. The topological polar surface area (TPSA) is 96.4 Å². The maximum Gasteiger partial charge on any atom is 0.335 e. The zero-order valence-corrected chi connectivity index (χ0v) is 12.3. The van der Waals surface area contributed by atoms with Crippen LogP contribution in [-0.2, 0) is 10.0 Å². The Morgan fingerprint density at radius 1 is 1.30 bits per heavy atom. The summed E-state index contributed by atoms with van der Waals surface area (Å²) in [6, 6.07) is 6.90. The molecule has 2 aromatic rings. The van der Waals surface area contributed by atoms with E-state index >= 15 is 0 Å². The summed E-state index contributed by atoms with van der Waals surface area (Å²) in [5, 5.41) is 8.92. The molecule has 0 amide bonds. The van der Waals surface area contributed by atoms with Crippen LogP contribution < -0.4 is 4.72 Å². The van der Waals surface area contributed by atoms with Crippen LogP contribution in [0.1, 0.15) is 10.4 Å². The number of carbonyl (C=O) groups is 1. The van der Waals surface area contributed by atoms with Crippen molar-refractivity contribution in [2.24, 2.45) is 0 Å². The maximum absolute atomic E-state index is 12.2. The number of hydrogen-bond donors (Lipinski definition) is 2. The number of halogens is 1. The molecule has 1 aromatic carbocycles. The van der Waals surface area contributed by atoms with Gasteiger partial charge >= 0.3 is 5.97 Å². The van der Waals surface area contributed by atoms with E-state index in [0.717, 1.165) is 6.07 Å². The second kappa shape index (κ2) is 5.59. The number of carboxylic acids is 1. The van der Waals surface area contributed by atoms with Crippen molar-refractivity contribution >= 4 is 37.6 Å². The Labute approximate surface area is 123 Å². The Kier molecular flexibility index (Phi) is 4.05. The Morgan fingerprint density at radius 2 is 2.05 bits per heavy atom. The van der Waals surface area contributed by atoms with Crippen LogP contribution in [0, 0.1) is 0 Å². The maximum atomic E-state index is 12.2. The van der Waals surface area contributed by atoms with E-state index in [4.69, 9.17) is 5.11 Å². The SMILES string of the molecule is O=C(O)c1ccc(Br)c(S(=O)(=O)Nc2cccnc2)c1. The predicted molar refractivity (Wildman–Crippen MR) is 76.1 cm³/mol. The Balaban J connectivity index is 2.44. The summed E-state index contributed by atoms with van der Waals surface area (Å²) in [6.45, 7) is 0. The van der Waals surface area contributed by atoms with Gasteiger partial charge in [0.2, 0.25) is 0 Å². The first-order valence-corrected chi connectivity index (χ1v) is 7.63. The zero-order chi connectivity index (χ0) is 14.8. The number of nitrogens with zero attached hydrogens (tertiary/aromatic N) is 1. The summed E-state index contributed by atoms with van der Waals surface area (Å²) >= 11 is 3.10. The molecule has 2 rings (SSSR count). The van der Waals surface area contributed by atoms with Crippen LogP contribution in [0.3, 0.4) is 0 Å². The number of sulfonamides is 1. The van der Waals surface area contributed by atoms with Gasteiger partial charge in [0.25, 0.3) is 10.0 Å². The molecule has 8 heteroatoms. The highest BCUT2D eigenvalue weighted by molar-refractivity contribution is 9.10. The standard InChI is InChI=1S/C12H9BrN2O4S/c13-10-4-3-8(12(16)17)6-11(10)20(18,19)15-9-2-1-5-14-7-9/h1-7,15H,(H,16,17). The normalized spacial score (nSPS) is 11.1. The van der Waals surface area contributed by atoms with Gasteiger partial charge in [-0.05, 0) is 46.3 Å². The third-order valence-corrected chi connectivity index (χ3v) is 4.76. The Hall–Kier alpha value is -1.93. The molecule has 0 aliphatic rings. The summed E-state index contributed by atoms with van der Waals surface area (Å²) in [5.41, 5.74) is 0.180. The first-order valence-electron chi connectivity index (χ1n) is 5.36. The van der Waals surface area contributed by atoms with Gasteiger partial charge in [0.05, 0.1) is 17.4 Å². The largest absolute Gasteiger partial charge is 0.478 e. The number of carboxylic acid groups (broad SMARTS) is 1. The van der Waals surface area contributed by atoms with Crippen LogP contribution in [0.5, 0.6) is 0 Å². The fourth-order valence-electron chi connectivity index (χ4n) is 1.48. The Bertz CT molecular complexity index is 747. The summed E-state index contributed by atoms with van der Waals surface area (Å²) < 4.78 is 27.1. The van der Waals surface area contributed by atoms with Crippen LogP contribution in [-0.4, -0.2) is 24.5 Å². The number of anilines is 1. The van der Waals surface area contributed by atoms with Gasteiger partial charge < -0.3 is 5.11 Å². The van der Waals surface area contributed by atoms with Crippen molar-refractivity contribution < 1.29 is 18.3 Å². The highest BCUT2D eigenvalue weighted by Crippen LogP contribution is 2.25. The number of aromatic nitrogens is 1. The number of pyridine rings is 1. The molecule has 0 aliphatic carbocycles. The summed E-state index contributed by atoms with van der Waals surface area (Å²) in [7, 11) is -3.90. The van der Waals surface area contributed by atoms with Crippen molar-refractivity contribution in [2.75, 3.05) is 4.72 Å². The van der Waals surface area contributed by atoms with E-state index in [0.29, 0.717) is 5.69 Å². The smallest absolute Gasteiger partial charge is 0.335 e. The first-order chi connectivity index (χ1) is 9.40. The zero-order valence-electron chi connectivity index (χ0n) is 9.95. The third kappa shape index (κ3) is 3.14. The van der Waals surface area contributed by atoms with Gasteiger partial charge in [0.15, 0.2) is 0 Å². The molecular weight excluding hydrogens is 348 g/mol. The summed E-state index contributed by atoms with van der Waals surface area (Å²) in [6.07, 6.45) is 2.87. The predicted octanol–water partition coefficient (Wildman–Crippen LogP) is 2.34. The first kappa shape index (κ1) is 14.5. The van der Waals surface area contributed by atoms with Crippen molar-refractivity contribution in [2.45, 2.75) is 4.90 Å². The monoisotopic (exact) mass is 356 g/mol. The highest BCUT2D eigenvalue weighted by atomic mass is 79.9. The number of hydrogen-bond acceptors (Lipinski definition) is 4. The van der Waals surface area contributed by atoms with Crippen LogP contribution in [0.4, 0.5) is 5.69 Å². The van der Waals surface area contributed by atoms with Gasteiger partial charge in [-0.25, -0.2) is 13.2 Å². The molecule has 0 unspecified atom stereocenters. The average Bonchev–Trinajstić information content (AvgIpc) is 2.39. The van der Waals surface area contributed by atoms with Gasteiger partial charge in [-0.1, -0.05) is 0 Å². The molecule has 0 fully saturated rings. The molecule has 20 heavy (non-hydrogen) atoms. The van der Waals surface area contributed by atoms with E-state index in [1.54, 1.807) is 12.1 Å². The van der Waals surface area contributed by atoms with Gasteiger partial charge in [-0.3, -0.25) is 9.71 Å². The molecular formula is C12H9BrN2O4S. The second-order valence-corrected chi connectivity index (χ2v) is 6.30. The minimum Gasteiger partial charge on any atom is -0.478 e. The molecule has 0 bridgehead atoms. The van der Waals surface area contributed by atoms with E-state index in [1.807, 2.05) is 0 Å². The van der Waals surface area contributed by atoms with E-state index in [1.165, 1.54) is 24.5 Å². The lowest BCUT2D eigenvalue weighted by atomic mass is 10.2. The van der Waals surface area contributed by atoms with Crippen LogP contribution in [0.15, 0.2) is 52.1 Å². The lowest BCUT2D eigenvalue weighted by Crippen LogP contribution is -2.14. The van der Waals surface area contributed by atoms with Crippen LogP contribution >= 0.6 is 15.9 Å². The second-order valence-electron chi connectivity index (χ2n) is 3.80. The van der Waals surface area contributed by atoms with Gasteiger partial charge in [0.1, 0.15) is 4.90 Å². The minimum absolute atomic E-state index is 0.111. The molecule has 0 aliphatic heterocycles. The quantitative estimate of drug-likeness (QED) is 0.876. The molecule has 6 nitrogen and oxygen atoms in total. The van der Waals surface area contributed by atoms with Gasteiger partial charge in [0, 0.05) is 10.7 Å². The molecule has 0 atom stereocenters. The van der Waals surface area contributed by atoms with E-state index < -0.39 is 16.0 Å². The van der Waals surface area contributed by atoms with E-state index in [2.05, 4.69) is 25.6 Å². The van der Waals surface area contributed by atoms with Gasteiger partial charge in [-0.2, -0.15) is 0 Å². The van der Waals surface area contributed by atoms with E-state index in [9.17, 15) is 13.2 Å². The molecule has 2 N–H and O–H groups in total. The number of benzene rings is 1. The fraction of sp³-hybridized carbons (Fsp3) is 0. The molecule has 0 saturated heterocycles. The van der Waals surface area contributed by atoms with Crippen molar-refractivity contribution in [1.29, 1.82) is 0 Å². The Morgan fingerprint density at radius 3 is 2.65 bits per heavy atom.